The highest BCUT2D eigenvalue weighted by Gasteiger charge is 2.33. The van der Waals surface area contributed by atoms with E-state index in [0.717, 1.165) is 36.0 Å². The molecule has 1 N–H and O–H groups in total. The second-order valence-corrected chi connectivity index (χ2v) is 8.22. The van der Waals surface area contributed by atoms with Crippen molar-refractivity contribution >= 4 is 11.5 Å². The summed E-state index contributed by atoms with van der Waals surface area (Å²) in [6.45, 7) is 0.423. The molecule has 1 saturated carbocycles. The van der Waals surface area contributed by atoms with Crippen LogP contribution >= 0.6 is 0 Å². The second kappa shape index (κ2) is 9.77. The number of aromatic nitrogens is 2. The fraction of sp³-hybridized carbons (Fsp3) is 0.478. The van der Waals surface area contributed by atoms with Crippen molar-refractivity contribution in [2.75, 3.05) is 29.7 Å². The Kier molecular flexibility index (Phi) is 6.81. The lowest BCUT2D eigenvalue weighted by atomic mass is 9.96. The normalized spacial score (nSPS) is 15.3. The van der Waals surface area contributed by atoms with Crippen molar-refractivity contribution in [1.82, 2.24) is 9.13 Å². The zero-order valence-corrected chi connectivity index (χ0v) is 18.4. The van der Waals surface area contributed by atoms with E-state index in [9.17, 15) is 18.4 Å². The lowest BCUT2D eigenvalue weighted by Gasteiger charge is -2.24. The van der Waals surface area contributed by atoms with E-state index in [2.05, 4.69) is 12.0 Å². The fourth-order valence-electron chi connectivity index (χ4n) is 3.96. The molecular formula is C23H26F2N4O4. The van der Waals surface area contributed by atoms with Gasteiger partial charge in [-0.05, 0) is 43.4 Å². The predicted molar refractivity (Wildman–Crippen MR) is 119 cm³/mol. The first-order chi connectivity index (χ1) is 15.9. The number of anilines is 2. The van der Waals surface area contributed by atoms with Gasteiger partial charge in [0, 0.05) is 32.8 Å². The van der Waals surface area contributed by atoms with Gasteiger partial charge >= 0.3 is 5.69 Å². The summed E-state index contributed by atoms with van der Waals surface area (Å²) in [6, 6.07) is 6.54. The van der Waals surface area contributed by atoms with Crippen LogP contribution in [0.5, 0.6) is 0 Å². The zero-order valence-electron chi connectivity index (χ0n) is 18.4. The SMILES string of the molecule is Cn1c2c(c(=O)n(CCCO)c1=O)N(Cc1ccc(F)c(F)c1)CN2C#CCOC1CCC1. The van der Waals surface area contributed by atoms with Crippen LogP contribution < -0.4 is 21.0 Å². The fourth-order valence-corrected chi connectivity index (χ4v) is 3.96. The summed E-state index contributed by atoms with van der Waals surface area (Å²) in [6.07, 6.45) is 3.69. The van der Waals surface area contributed by atoms with Gasteiger partial charge in [0.25, 0.3) is 5.56 Å². The van der Waals surface area contributed by atoms with Crippen molar-refractivity contribution in [3.8, 4) is 12.0 Å². The topological polar surface area (TPSA) is 79.9 Å². The molecule has 0 unspecified atom stereocenters. The smallest absolute Gasteiger partial charge is 0.332 e. The van der Waals surface area contributed by atoms with E-state index in [0.29, 0.717) is 11.4 Å². The van der Waals surface area contributed by atoms with E-state index < -0.39 is 22.9 Å². The van der Waals surface area contributed by atoms with Crippen LogP contribution in [0.25, 0.3) is 0 Å². The van der Waals surface area contributed by atoms with Crippen molar-refractivity contribution in [3.63, 3.8) is 0 Å². The average molecular weight is 460 g/mol. The molecular weight excluding hydrogens is 434 g/mol. The number of aliphatic hydroxyl groups is 1. The largest absolute Gasteiger partial charge is 0.396 e. The third-order valence-electron chi connectivity index (χ3n) is 5.93. The quantitative estimate of drug-likeness (QED) is 0.632. The summed E-state index contributed by atoms with van der Waals surface area (Å²) >= 11 is 0. The molecule has 0 amide bonds. The van der Waals surface area contributed by atoms with Gasteiger partial charge in [0.1, 0.15) is 19.0 Å². The van der Waals surface area contributed by atoms with Crippen LogP contribution in [0.15, 0.2) is 27.8 Å². The van der Waals surface area contributed by atoms with Crippen molar-refractivity contribution < 1.29 is 18.6 Å². The van der Waals surface area contributed by atoms with Crippen LogP contribution in [0.4, 0.5) is 20.3 Å². The van der Waals surface area contributed by atoms with Gasteiger partial charge < -0.3 is 14.7 Å². The summed E-state index contributed by atoms with van der Waals surface area (Å²) in [4.78, 5) is 29.4. The van der Waals surface area contributed by atoms with Crippen molar-refractivity contribution in [2.24, 2.45) is 7.05 Å². The Bertz CT molecular complexity index is 1210. The minimum Gasteiger partial charge on any atom is -0.396 e. The van der Waals surface area contributed by atoms with Crippen molar-refractivity contribution in [2.45, 2.75) is 44.9 Å². The number of rotatable bonds is 7. The molecule has 1 aromatic heterocycles. The summed E-state index contributed by atoms with van der Waals surface area (Å²) in [5.74, 6) is 1.36. The van der Waals surface area contributed by atoms with Gasteiger partial charge in [0.2, 0.25) is 0 Å². The van der Waals surface area contributed by atoms with Gasteiger partial charge in [-0.15, -0.1) is 0 Å². The molecule has 8 nitrogen and oxygen atoms in total. The Hall–Kier alpha value is -3.16. The highest BCUT2D eigenvalue weighted by Crippen LogP contribution is 2.32. The monoisotopic (exact) mass is 460 g/mol. The maximum absolute atomic E-state index is 13.8. The molecule has 1 aliphatic heterocycles. The maximum atomic E-state index is 13.8. The molecule has 2 aliphatic rings. The number of aliphatic hydroxyl groups excluding tert-OH is 1. The molecule has 0 radical (unpaired) electrons. The van der Waals surface area contributed by atoms with Gasteiger partial charge in [-0.3, -0.25) is 18.8 Å². The molecule has 0 bridgehead atoms. The molecule has 2 aromatic rings. The number of hydrogen-bond acceptors (Lipinski definition) is 6. The molecule has 4 rings (SSSR count). The van der Waals surface area contributed by atoms with Gasteiger partial charge in [-0.1, -0.05) is 12.0 Å². The summed E-state index contributed by atoms with van der Waals surface area (Å²) in [7, 11) is 1.55. The summed E-state index contributed by atoms with van der Waals surface area (Å²) in [5.41, 5.74) is -0.314. The maximum Gasteiger partial charge on any atom is 0.332 e. The van der Waals surface area contributed by atoms with Crippen LogP contribution in [-0.2, 0) is 24.9 Å². The molecule has 2 heterocycles. The van der Waals surface area contributed by atoms with Crippen LogP contribution in [0, 0.1) is 23.6 Å². The number of hydrogen-bond donors (Lipinski definition) is 1. The Labute approximate surface area is 189 Å². The Morgan fingerprint density at radius 1 is 1.21 bits per heavy atom. The van der Waals surface area contributed by atoms with Gasteiger partial charge in [0.05, 0.1) is 6.10 Å². The molecule has 1 fully saturated rings. The van der Waals surface area contributed by atoms with Crippen LogP contribution in [0.3, 0.4) is 0 Å². The van der Waals surface area contributed by atoms with E-state index in [1.807, 2.05) is 0 Å². The molecule has 10 heteroatoms. The van der Waals surface area contributed by atoms with Crippen molar-refractivity contribution in [1.29, 1.82) is 0 Å². The molecule has 1 aliphatic carbocycles. The lowest BCUT2D eigenvalue weighted by Crippen LogP contribution is -2.41. The van der Waals surface area contributed by atoms with E-state index in [-0.39, 0.29) is 51.2 Å². The number of benzene rings is 1. The molecule has 0 spiro atoms. The Balaban J connectivity index is 1.69. The number of halogens is 2. The summed E-state index contributed by atoms with van der Waals surface area (Å²) < 4.78 is 35.2. The average Bonchev–Trinajstić information content (AvgIpc) is 3.11. The molecule has 0 atom stereocenters. The molecule has 176 valence electrons. The highest BCUT2D eigenvalue weighted by molar-refractivity contribution is 5.74. The van der Waals surface area contributed by atoms with E-state index in [1.54, 1.807) is 16.8 Å². The van der Waals surface area contributed by atoms with Gasteiger partial charge in [0.15, 0.2) is 17.5 Å². The van der Waals surface area contributed by atoms with Gasteiger partial charge in [-0.25, -0.2) is 13.6 Å². The third-order valence-corrected chi connectivity index (χ3v) is 5.93. The first-order valence-electron chi connectivity index (χ1n) is 10.9. The van der Waals surface area contributed by atoms with Gasteiger partial charge in [-0.2, -0.15) is 0 Å². The second-order valence-electron chi connectivity index (χ2n) is 8.22. The zero-order chi connectivity index (χ0) is 23.5. The Morgan fingerprint density at radius 3 is 2.67 bits per heavy atom. The molecule has 1 aromatic carbocycles. The highest BCUT2D eigenvalue weighted by atomic mass is 19.2. The lowest BCUT2D eigenvalue weighted by molar-refractivity contribution is 0.0216. The van der Waals surface area contributed by atoms with Crippen LogP contribution in [0.1, 0.15) is 31.2 Å². The third kappa shape index (κ3) is 4.65. The van der Waals surface area contributed by atoms with E-state index >= 15 is 0 Å². The van der Waals surface area contributed by atoms with Crippen molar-refractivity contribution in [3.05, 3.63) is 56.2 Å². The molecule has 0 saturated heterocycles. The Morgan fingerprint density at radius 2 is 2.00 bits per heavy atom. The predicted octanol–water partition coefficient (Wildman–Crippen LogP) is 1.52. The minimum absolute atomic E-state index is 0.0647. The van der Waals surface area contributed by atoms with Crippen LogP contribution in [-0.4, -0.2) is 40.2 Å². The van der Waals surface area contributed by atoms with E-state index in [4.69, 9.17) is 9.84 Å². The standard InChI is InChI=1S/C23H26F2N4O4/c1-26-21-20(22(31)29(23(26)32)10-3-11-30)28(14-16-7-8-18(24)19(25)13-16)15-27(21)9-4-12-33-17-5-2-6-17/h7-8,13,17,30H,2-3,5-6,10-12,14-15H2,1H3. The minimum atomic E-state index is -0.975. The summed E-state index contributed by atoms with van der Waals surface area (Å²) in [5, 5.41) is 9.15. The molecule has 33 heavy (non-hydrogen) atoms. The number of nitrogens with zero attached hydrogens (tertiary/aromatic N) is 4. The number of ether oxygens (including phenoxy) is 1. The first kappa shape index (κ1) is 23.0. The number of fused-ring (bicyclic) bond motifs is 1. The van der Waals surface area contributed by atoms with E-state index in [1.165, 1.54) is 10.6 Å². The van der Waals surface area contributed by atoms with Crippen LogP contribution in [0.2, 0.25) is 0 Å². The first-order valence-corrected chi connectivity index (χ1v) is 10.9.